The van der Waals surface area contributed by atoms with Crippen LogP contribution in [0.15, 0.2) is 35.2 Å². The lowest BCUT2D eigenvalue weighted by atomic mass is 10.0. The number of aromatic nitrogens is 1. The lowest BCUT2D eigenvalue weighted by Gasteiger charge is -2.29. The average Bonchev–Trinajstić information content (AvgIpc) is 3.55. The van der Waals surface area contributed by atoms with Gasteiger partial charge in [-0.3, -0.25) is 10.1 Å². The quantitative estimate of drug-likeness (QED) is 0.197. The van der Waals surface area contributed by atoms with E-state index in [0.717, 1.165) is 15.3 Å². The van der Waals surface area contributed by atoms with Crippen LogP contribution in [0.3, 0.4) is 0 Å². The Bertz CT molecular complexity index is 1600. The van der Waals surface area contributed by atoms with E-state index in [1.54, 1.807) is 18.7 Å². The molecule has 0 saturated carbocycles. The zero-order chi connectivity index (χ0) is 31.5. The highest BCUT2D eigenvalue weighted by Gasteiger charge is 2.27. The molecule has 1 N–H and O–H groups in total. The van der Waals surface area contributed by atoms with Crippen LogP contribution >= 0.6 is 57.5 Å². The van der Waals surface area contributed by atoms with E-state index in [1.165, 1.54) is 40.9 Å². The summed E-state index contributed by atoms with van der Waals surface area (Å²) >= 11 is 21.9. The summed E-state index contributed by atoms with van der Waals surface area (Å²) < 4.78 is 10.5. The molecular formula is C30H30Cl3N3O5S2. The number of thiazole rings is 1. The van der Waals surface area contributed by atoms with Gasteiger partial charge in [-0.15, -0.1) is 11.3 Å². The highest BCUT2D eigenvalue weighted by molar-refractivity contribution is 7.18. The van der Waals surface area contributed by atoms with E-state index in [4.69, 9.17) is 49.3 Å². The zero-order valence-corrected chi connectivity index (χ0v) is 28.1. The fourth-order valence-corrected chi connectivity index (χ4v) is 6.88. The summed E-state index contributed by atoms with van der Waals surface area (Å²) in [5.41, 5.74) is 2.08. The highest BCUT2D eigenvalue weighted by Crippen LogP contribution is 2.41. The second-order valence-corrected chi connectivity index (χ2v) is 13.7. The maximum absolute atomic E-state index is 13.3. The first-order valence-corrected chi connectivity index (χ1v) is 16.2. The van der Waals surface area contributed by atoms with Crippen molar-refractivity contribution in [2.24, 2.45) is 0 Å². The van der Waals surface area contributed by atoms with Crippen LogP contribution in [-0.4, -0.2) is 53.2 Å². The number of ether oxygens (including phenoxy) is 2. The van der Waals surface area contributed by atoms with Gasteiger partial charge in [0.1, 0.15) is 11.3 Å². The van der Waals surface area contributed by atoms with Crippen LogP contribution in [0.5, 0.6) is 0 Å². The topological polar surface area (TPSA) is 97.8 Å². The Morgan fingerprint density at radius 3 is 2.40 bits per heavy atom. The number of nitrogens with one attached hydrogen (secondary N) is 1. The van der Waals surface area contributed by atoms with Gasteiger partial charge in [-0.1, -0.05) is 52.2 Å². The molecule has 13 heteroatoms. The highest BCUT2D eigenvalue weighted by atomic mass is 35.5. The Labute approximate surface area is 273 Å². The van der Waals surface area contributed by atoms with Gasteiger partial charge < -0.3 is 14.4 Å². The van der Waals surface area contributed by atoms with Crippen molar-refractivity contribution in [2.75, 3.05) is 25.0 Å². The minimum atomic E-state index is -0.579. The van der Waals surface area contributed by atoms with E-state index in [2.05, 4.69) is 5.32 Å². The van der Waals surface area contributed by atoms with Crippen molar-refractivity contribution in [2.45, 2.75) is 46.6 Å². The van der Waals surface area contributed by atoms with Crippen molar-refractivity contribution in [3.8, 4) is 10.6 Å². The van der Waals surface area contributed by atoms with Gasteiger partial charge >= 0.3 is 12.1 Å². The number of amides is 2. The maximum atomic E-state index is 13.3. The number of benzene rings is 1. The van der Waals surface area contributed by atoms with Crippen molar-refractivity contribution in [3.05, 3.63) is 66.3 Å². The molecule has 0 unspecified atom stereocenters. The zero-order valence-electron chi connectivity index (χ0n) is 24.2. The van der Waals surface area contributed by atoms with E-state index in [1.807, 2.05) is 38.3 Å². The molecular weight excluding hydrogens is 653 g/mol. The monoisotopic (exact) mass is 681 g/mol. The molecule has 1 aliphatic heterocycles. The van der Waals surface area contributed by atoms with E-state index in [0.29, 0.717) is 46.5 Å². The second kappa shape index (κ2) is 13.8. The lowest BCUT2D eigenvalue weighted by molar-refractivity contribution is -0.138. The number of carbonyl (C=O) groups excluding carboxylic acids is 3. The minimum absolute atomic E-state index is 0.206. The van der Waals surface area contributed by atoms with Gasteiger partial charge in [0, 0.05) is 35.2 Å². The fourth-order valence-electron chi connectivity index (χ4n) is 4.11. The van der Waals surface area contributed by atoms with E-state index in [-0.39, 0.29) is 28.3 Å². The normalized spacial score (nSPS) is 13.9. The standard InChI is InChI=1S/C30H30Cl3N3O5S2/c1-6-40-27(38)16(2)11-20-21(32)12-18(13-22(20)33)26(37)35-28-34-24(23-14-19(31)15-42-23)25(43-28)17-7-9-36(10-8-17)29(39)41-30(3,4)5/h7,11-15H,6,8-10H2,1-5H3,(H,34,35,37)/b16-11+. The first-order valence-electron chi connectivity index (χ1n) is 13.3. The summed E-state index contributed by atoms with van der Waals surface area (Å²) in [5, 5.41) is 6.06. The number of hydrogen-bond donors (Lipinski definition) is 1. The summed E-state index contributed by atoms with van der Waals surface area (Å²) in [6, 6.07) is 4.80. The van der Waals surface area contributed by atoms with E-state index in [9.17, 15) is 14.4 Å². The van der Waals surface area contributed by atoms with Crippen LogP contribution in [0.4, 0.5) is 9.93 Å². The minimum Gasteiger partial charge on any atom is -0.463 e. The van der Waals surface area contributed by atoms with Crippen LogP contribution in [0.25, 0.3) is 22.2 Å². The maximum Gasteiger partial charge on any atom is 0.410 e. The molecule has 0 bridgehead atoms. The first kappa shape index (κ1) is 33.0. The Hall–Kier alpha value is -2.89. The van der Waals surface area contributed by atoms with Gasteiger partial charge in [-0.05, 0) is 70.9 Å². The molecule has 0 atom stereocenters. The number of carbonyl (C=O) groups is 3. The summed E-state index contributed by atoms with van der Waals surface area (Å²) in [7, 11) is 0. The van der Waals surface area contributed by atoms with Crippen molar-refractivity contribution in [3.63, 3.8) is 0 Å². The van der Waals surface area contributed by atoms with Crippen LogP contribution in [0, 0.1) is 0 Å². The third-order valence-electron chi connectivity index (χ3n) is 6.10. The number of rotatable bonds is 7. The van der Waals surface area contributed by atoms with Crippen molar-refractivity contribution < 1.29 is 23.9 Å². The van der Waals surface area contributed by atoms with E-state index < -0.39 is 17.5 Å². The van der Waals surface area contributed by atoms with E-state index >= 15 is 0 Å². The van der Waals surface area contributed by atoms with Gasteiger partial charge in [-0.2, -0.15) is 0 Å². The SMILES string of the molecule is CCOC(=O)/C(C)=C/c1c(Cl)cc(C(=O)Nc2nc(-c3cc(Cl)cs3)c(C3=CCN(C(=O)OC(C)(C)C)CC3)s2)cc1Cl. The molecule has 3 heterocycles. The Balaban J connectivity index is 1.59. The molecule has 0 aliphatic carbocycles. The van der Waals surface area contributed by atoms with Gasteiger partial charge in [0.05, 0.1) is 31.4 Å². The Morgan fingerprint density at radius 2 is 1.84 bits per heavy atom. The van der Waals surface area contributed by atoms with Gasteiger partial charge in [0.15, 0.2) is 5.13 Å². The molecule has 0 saturated heterocycles. The molecule has 2 aromatic heterocycles. The first-order chi connectivity index (χ1) is 20.3. The molecule has 8 nitrogen and oxygen atoms in total. The molecule has 0 spiro atoms. The number of anilines is 1. The second-order valence-electron chi connectivity index (χ2n) is 10.6. The van der Waals surface area contributed by atoms with Crippen LogP contribution in [0.2, 0.25) is 15.1 Å². The Morgan fingerprint density at radius 1 is 1.14 bits per heavy atom. The molecule has 4 rings (SSSR count). The number of hydrogen-bond acceptors (Lipinski definition) is 8. The average molecular weight is 683 g/mol. The van der Waals surface area contributed by atoms with Crippen LogP contribution < -0.4 is 5.32 Å². The molecule has 228 valence electrons. The molecule has 1 aromatic carbocycles. The predicted octanol–water partition coefficient (Wildman–Crippen LogP) is 9.07. The molecule has 3 aromatic rings. The number of thiophene rings is 1. The van der Waals surface area contributed by atoms with Gasteiger partial charge in [0.25, 0.3) is 5.91 Å². The summed E-state index contributed by atoms with van der Waals surface area (Å²) in [5.74, 6) is -0.935. The lowest BCUT2D eigenvalue weighted by Crippen LogP contribution is -2.39. The molecule has 0 fully saturated rings. The summed E-state index contributed by atoms with van der Waals surface area (Å²) in [4.78, 5) is 46.0. The number of esters is 1. The molecule has 2 amide bonds. The number of halogens is 3. The smallest absolute Gasteiger partial charge is 0.410 e. The summed E-state index contributed by atoms with van der Waals surface area (Å²) in [6.07, 6.45) is 3.74. The number of nitrogens with zero attached hydrogens (tertiary/aromatic N) is 2. The fraction of sp³-hybridized carbons (Fsp3) is 0.333. The third-order valence-corrected chi connectivity index (χ3v) is 9.06. The summed E-state index contributed by atoms with van der Waals surface area (Å²) in [6.45, 7) is 9.94. The van der Waals surface area contributed by atoms with Crippen LogP contribution in [0.1, 0.15) is 61.8 Å². The molecule has 43 heavy (non-hydrogen) atoms. The van der Waals surface area contributed by atoms with Crippen molar-refractivity contribution >= 4 is 92.2 Å². The van der Waals surface area contributed by atoms with Crippen molar-refractivity contribution in [1.82, 2.24) is 9.88 Å². The third kappa shape index (κ3) is 8.39. The van der Waals surface area contributed by atoms with Gasteiger partial charge in [0.2, 0.25) is 0 Å². The predicted molar refractivity (Wildman–Crippen MR) is 176 cm³/mol. The largest absolute Gasteiger partial charge is 0.463 e. The van der Waals surface area contributed by atoms with Crippen LogP contribution in [-0.2, 0) is 14.3 Å². The molecule has 1 aliphatic rings. The Kier molecular flexibility index (Phi) is 10.6. The van der Waals surface area contributed by atoms with Gasteiger partial charge in [-0.25, -0.2) is 14.6 Å². The molecule has 0 radical (unpaired) electrons. The van der Waals surface area contributed by atoms with Crippen molar-refractivity contribution in [1.29, 1.82) is 0 Å².